The third-order valence-corrected chi connectivity index (χ3v) is 4.98. The third-order valence-electron chi connectivity index (χ3n) is 4.98. The van der Waals surface area contributed by atoms with Crippen LogP contribution >= 0.6 is 0 Å². The average Bonchev–Trinajstić information content (AvgIpc) is 3.28. The van der Waals surface area contributed by atoms with Gasteiger partial charge >= 0.3 is 0 Å². The van der Waals surface area contributed by atoms with E-state index in [1.807, 2.05) is 44.1 Å². The predicted octanol–water partition coefficient (Wildman–Crippen LogP) is 2.13. The van der Waals surface area contributed by atoms with E-state index >= 15 is 0 Å². The number of likely N-dealkylation sites (N-methyl/N-ethyl adjacent to an activating group) is 1. The van der Waals surface area contributed by atoms with Crippen molar-refractivity contribution in [2.45, 2.75) is 32.4 Å². The molecule has 2 aromatic rings. The lowest BCUT2D eigenvalue weighted by molar-refractivity contribution is 0.0725. The third kappa shape index (κ3) is 3.58. The molecule has 3 rings (SSSR count). The molecule has 7 nitrogen and oxygen atoms in total. The quantitative estimate of drug-likeness (QED) is 0.792. The van der Waals surface area contributed by atoms with Crippen molar-refractivity contribution in [3.63, 3.8) is 0 Å². The number of methoxy groups -OCH3 is 1. The van der Waals surface area contributed by atoms with Gasteiger partial charge in [-0.25, -0.2) is 0 Å². The van der Waals surface area contributed by atoms with Crippen LogP contribution in [-0.4, -0.2) is 64.8 Å². The summed E-state index contributed by atoms with van der Waals surface area (Å²) in [6, 6.07) is 5.58. The monoisotopic (exact) mass is 357 g/mol. The lowest BCUT2D eigenvalue weighted by Crippen LogP contribution is -2.33. The fourth-order valence-corrected chi connectivity index (χ4v) is 3.50. The van der Waals surface area contributed by atoms with E-state index in [0.29, 0.717) is 5.56 Å². The topological polar surface area (TPSA) is 63.5 Å². The zero-order chi connectivity index (χ0) is 18.7. The van der Waals surface area contributed by atoms with Crippen molar-refractivity contribution < 1.29 is 9.53 Å². The Bertz CT molecular complexity index is 771. The summed E-state index contributed by atoms with van der Waals surface area (Å²) >= 11 is 0. The molecule has 1 saturated heterocycles. The van der Waals surface area contributed by atoms with E-state index in [4.69, 9.17) is 4.74 Å². The fourth-order valence-electron chi connectivity index (χ4n) is 3.50. The molecule has 2 heterocycles. The van der Waals surface area contributed by atoms with E-state index < -0.39 is 0 Å². The Morgan fingerprint density at radius 1 is 1.38 bits per heavy atom. The molecule has 1 aliphatic rings. The van der Waals surface area contributed by atoms with Crippen LogP contribution in [0.4, 0.5) is 0 Å². The van der Waals surface area contributed by atoms with Crippen molar-refractivity contribution >= 4 is 5.91 Å². The second-order valence-electron chi connectivity index (χ2n) is 6.98. The van der Waals surface area contributed by atoms with E-state index in [0.717, 1.165) is 49.6 Å². The first-order chi connectivity index (χ1) is 12.5. The second kappa shape index (κ2) is 7.86. The van der Waals surface area contributed by atoms with Crippen LogP contribution in [0.1, 0.15) is 40.6 Å². The molecule has 0 saturated carbocycles. The van der Waals surface area contributed by atoms with Gasteiger partial charge in [0.15, 0.2) is 5.82 Å². The largest absolute Gasteiger partial charge is 0.496 e. The molecule has 1 aliphatic heterocycles. The number of aromatic nitrogens is 3. The van der Waals surface area contributed by atoms with Gasteiger partial charge in [-0.2, -0.15) is 0 Å². The van der Waals surface area contributed by atoms with Crippen LogP contribution < -0.4 is 4.74 Å². The van der Waals surface area contributed by atoms with Gasteiger partial charge in [-0.1, -0.05) is 6.07 Å². The highest BCUT2D eigenvalue weighted by Crippen LogP contribution is 2.33. The Balaban J connectivity index is 1.85. The van der Waals surface area contributed by atoms with Crippen molar-refractivity contribution in [1.29, 1.82) is 0 Å². The number of hydrogen-bond donors (Lipinski definition) is 0. The number of likely N-dealkylation sites (tertiary alicyclic amines) is 1. The highest BCUT2D eigenvalue weighted by Gasteiger charge is 2.34. The van der Waals surface area contributed by atoms with Crippen molar-refractivity contribution in [3.8, 4) is 5.75 Å². The minimum absolute atomic E-state index is 0.0298. The first-order valence-electron chi connectivity index (χ1n) is 9.00. The molecule has 1 atom stereocenters. The number of carbonyl (C=O) groups is 1. The van der Waals surface area contributed by atoms with Crippen molar-refractivity contribution in [2.24, 2.45) is 0 Å². The Morgan fingerprint density at radius 2 is 2.19 bits per heavy atom. The van der Waals surface area contributed by atoms with E-state index in [2.05, 4.69) is 19.7 Å². The fraction of sp³-hybridized carbons (Fsp3) is 0.526. The minimum atomic E-state index is -0.0298. The SMILES string of the molecule is COc1cccc(C(=O)N2CCCC2c2nncn2CCN(C)C)c1C. The van der Waals surface area contributed by atoms with Gasteiger partial charge in [0.05, 0.1) is 13.2 Å². The predicted molar refractivity (Wildman–Crippen MR) is 99.3 cm³/mol. The smallest absolute Gasteiger partial charge is 0.254 e. The zero-order valence-electron chi connectivity index (χ0n) is 16.0. The average molecular weight is 357 g/mol. The van der Waals surface area contributed by atoms with Gasteiger partial charge in [0.2, 0.25) is 0 Å². The van der Waals surface area contributed by atoms with Gasteiger partial charge in [-0.15, -0.1) is 10.2 Å². The van der Waals surface area contributed by atoms with Crippen molar-refractivity contribution in [2.75, 3.05) is 34.3 Å². The van der Waals surface area contributed by atoms with Crippen LogP contribution in [0.15, 0.2) is 24.5 Å². The number of nitrogens with zero attached hydrogens (tertiary/aromatic N) is 5. The van der Waals surface area contributed by atoms with Gasteiger partial charge in [0.25, 0.3) is 5.91 Å². The van der Waals surface area contributed by atoms with Crippen molar-refractivity contribution in [3.05, 3.63) is 41.5 Å². The summed E-state index contributed by atoms with van der Waals surface area (Å²) in [6.45, 7) is 4.38. The number of benzene rings is 1. The molecule has 1 aromatic heterocycles. The maximum atomic E-state index is 13.2. The van der Waals surface area contributed by atoms with Gasteiger partial charge in [-0.3, -0.25) is 4.79 Å². The Morgan fingerprint density at radius 3 is 2.92 bits per heavy atom. The summed E-state index contributed by atoms with van der Waals surface area (Å²) in [4.78, 5) is 17.3. The molecule has 7 heteroatoms. The Hall–Kier alpha value is -2.41. The molecule has 0 radical (unpaired) electrons. The molecule has 0 N–H and O–H groups in total. The van der Waals surface area contributed by atoms with Crippen LogP contribution in [0, 0.1) is 6.92 Å². The van der Waals surface area contributed by atoms with E-state index in [-0.39, 0.29) is 11.9 Å². The number of ether oxygens (including phenoxy) is 1. The van der Waals surface area contributed by atoms with Crippen LogP contribution in [0.25, 0.3) is 0 Å². The standard InChI is InChI=1S/C19H27N5O2/c1-14-15(7-5-9-17(14)26-4)19(25)24-10-6-8-16(24)18-21-20-13-23(18)12-11-22(2)3/h5,7,9,13,16H,6,8,10-12H2,1-4H3. The maximum Gasteiger partial charge on any atom is 0.254 e. The highest BCUT2D eigenvalue weighted by molar-refractivity contribution is 5.96. The van der Waals surface area contributed by atoms with E-state index in [1.54, 1.807) is 13.4 Å². The van der Waals surface area contributed by atoms with Crippen molar-refractivity contribution in [1.82, 2.24) is 24.6 Å². The lowest BCUT2D eigenvalue weighted by atomic mass is 10.1. The van der Waals surface area contributed by atoms with Gasteiger partial charge < -0.3 is 19.1 Å². The van der Waals surface area contributed by atoms with Crippen LogP contribution in [-0.2, 0) is 6.54 Å². The molecule has 1 amide bonds. The van der Waals surface area contributed by atoms with E-state index in [9.17, 15) is 4.79 Å². The first kappa shape index (κ1) is 18.4. The molecular weight excluding hydrogens is 330 g/mol. The van der Waals surface area contributed by atoms with Crippen LogP contribution in [0.5, 0.6) is 5.75 Å². The molecular formula is C19H27N5O2. The molecule has 1 unspecified atom stereocenters. The summed E-state index contributed by atoms with van der Waals surface area (Å²) in [5.74, 6) is 1.64. The molecule has 0 aliphatic carbocycles. The Kier molecular flexibility index (Phi) is 5.56. The van der Waals surface area contributed by atoms with E-state index in [1.165, 1.54) is 0 Å². The number of rotatable bonds is 6. The summed E-state index contributed by atoms with van der Waals surface area (Å²) in [5.41, 5.74) is 1.57. The number of amides is 1. The second-order valence-corrected chi connectivity index (χ2v) is 6.98. The van der Waals surface area contributed by atoms with Gasteiger partial charge in [-0.05, 0) is 46.0 Å². The molecule has 0 spiro atoms. The minimum Gasteiger partial charge on any atom is -0.496 e. The summed E-state index contributed by atoms with van der Waals surface area (Å²) in [6.07, 6.45) is 3.64. The maximum absolute atomic E-state index is 13.2. The Labute approximate surface area is 154 Å². The molecule has 0 bridgehead atoms. The highest BCUT2D eigenvalue weighted by atomic mass is 16.5. The normalized spacial score (nSPS) is 17.1. The summed E-state index contributed by atoms with van der Waals surface area (Å²) in [5, 5.41) is 8.43. The molecule has 140 valence electrons. The summed E-state index contributed by atoms with van der Waals surface area (Å²) in [7, 11) is 5.71. The number of carbonyl (C=O) groups excluding carboxylic acids is 1. The molecule has 1 fully saturated rings. The first-order valence-corrected chi connectivity index (χ1v) is 9.00. The molecule has 1 aromatic carbocycles. The molecule has 26 heavy (non-hydrogen) atoms. The van der Waals surface area contributed by atoms with Crippen LogP contribution in [0.3, 0.4) is 0 Å². The lowest BCUT2D eigenvalue weighted by Gasteiger charge is -2.25. The van der Waals surface area contributed by atoms with Gasteiger partial charge in [0.1, 0.15) is 12.1 Å². The van der Waals surface area contributed by atoms with Gasteiger partial charge in [0, 0.05) is 30.8 Å². The summed E-state index contributed by atoms with van der Waals surface area (Å²) < 4.78 is 7.43. The number of hydrogen-bond acceptors (Lipinski definition) is 5. The van der Waals surface area contributed by atoms with Crippen LogP contribution in [0.2, 0.25) is 0 Å². The zero-order valence-corrected chi connectivity index (χ0v) is 16.0.